The quantitative estimate of drug-likeness (QED) is 0.101. The second-order valence-corrected chi connectivity index (χ2v) is 12.0. The maximum atomic E-state index is 13.6. The second-order valence-electron chi connectivity index (χ2n) is 12.0. The van der Waals surface area contributed by atoms with Gasteiger partial charge in [-0.1, -0.05) is 66.7 Å². The van der Waals surface area contributed by atoms with Crippen LogP contribution in [0.15, 0.2) is 79.0 Å². The topological polar surface area (TPSA) is 168 Å². The van der Waals surface area contributed by atoms with Crippen LogP contribution in [-0.2, 0) is 29.1 Å². The lowest BCUT2D eigenvalue weighted by atomic mass is 9.98. The van der Waals surface area contributed by atoms with E-state index in [9.17, 15) is 19.5 Å². The van der Waals surface area contributed by atoms with Gasteiger partial charge in [-0.05, 0) is 47.7 Å². The average Bonchev–Trinajstić information content (AvgIpc) is 3.47. The number of aromatic nitrogens is 1. The molecule has 244 valence electrons. The molecule has 0 radical (unpaired) electrons. The lowest BCUT2D eigenvalue weighted by Gasteiger charge is -2.28. The van der Waals surface area contributed by atoms with Crippen LogP contribution in [0.5, 0.6) is 0 Å². The third-order valence-corrected chi connectivity index (χ3v) is 7.80. The fraction of sp³-hybridized carbons (Fsp3) is 0.343. The van der Waals surface area contributed by atoms with Crippen LogP contribution >= 0.6 is 0 Å². The summed E-state index contributed by atoms with van der Waals surface area (Å²) in [5.74, 6) is -0.625. The molecule has 0 aliphatic heterocycles. The highest BCUT2D eigenvalue weighted by Gasteiger charge is 2.27. The molecule has 0 spiro atoms. The number of para-hydroxylation sites is 1. The fourth-order valence-electron chi connectivity index (χ4n) is 5.23. The Kier molecular flexibility index (Phi) is 11.9. The minimum Gasteiger partial charge on any atom is -0.394 e. The highest BCUT2D eigenvalue weighted by molar-refractivity contribution is 5.90. The average molecular weight is 629 g/mol. The van der Waals surface area contributed by atoms with Crippen molar-refractivity contribution in [3.8, 4) is 11.1 Å². The van der Waals surface area contributed by atoms with Gasteiger partial charge in [0.2, 0.25) is 11.8 Å². The van der Waals surface area contributed by atoms with E-state index in [1.807, 2.05) is 92.8 Å². The lowest BCUT2D eigenvalue weighted by Crippen LogP contribution is -2.52. The van der Waals surface area contributed by atoms with Crippen LogP contribution in [-0.4, -0.2) is 70.9 Å². The normalized spacial score (nSPS) is 12.7. The maximum absolute atomic E-state index is 13.6. The van der Waals surface area contributed by atoms with E-state index in [1.54, 1.807) is 7.05 Å². The number of nitrogens with one attached hydrogen (secondary N) is 6. The van der Waals surface area contributed by atoms with Crippen molar-refractivity contribution in [1.82, 2.24) is 31.6 Å². The minimum atomic E-state index is -0.933. The first-order valence-corrected chi connectivity index (χ1v) is 15.4. The van der Waals surface area contributed by atoms with Crippen molar-refractivity contribution in [2.45, 2.75) is 57.5 Å². The van der Waals surface area contributed by atoms with Gasteiger partial charge in [-0.15, -0.1) is 0 Å². The standard InChI is InChI=1S/C35H44N6O5/c1-35(2,40-21-27(43)22-42)17-32(44)41-31(16-26-20-37-30-11-7-6-10-29(26)30)33(45)38-18-23-12-14-24(15-13-23)28-9-5-4-8-25(28)19-39-34(46)36-3/h4-15,20,27,31,37,40,42-43H,16-19,21-22H2,1-3H3,(H,38,45)(H,41,44)(H2,36,39,46)/t27-,31+/m0/s1. The van der Waals surface area contributed by atoms with E-state index in [0.29, 0.717) is 13.0 Å². The number of β-amino-alcohol motifs (C(OH)–C–C–N with tert-alkyl or cyclic N) is 1. The Morgan fingerprint density at radius 1 is 0.891 bits per heavy atom. The molecule has 0 aliphatic carbocycles. The van der Waals surface area contributed by atoms with E-state index >= 15 is 0 Å². The van der Waals surface area contributed by atoms with Crippen LogP contribution in [0, 0.1) is 0 Å². The van der Waals surface area contributed by atoms with Crippen molar-refractivity contribution in [3.63, 3.8) is 0 Å². The van der Waals surface area contributed by atoms with Gasteiger partial charge in [0.15, 0.2) is 0 Å². The molecule has 0 bridgehead atoms. The lowest BCUT2D eigenvalue weighted by molar-refractivity contribution is -0.129. The Morgan fingerprint density at radius 3 is 2.35 bits per heavy atom. The number of aliphatic hydroxyl groups excluding tert-OH is 2. The molecule has 46 heavy (non-hydrogen) atoms. The van der Waals surface area contributed by atoms with Gasteiger partial charge in [0.05, 0.1) is 12.7 Å². The minimum absolute atomic E-state index is 0.0599. The molecule has 1 heterocycles. The third kappa shape index (κ3) is 9.64. The van der Waals surface area contributed by atoms with E-state index in [4.69, 9.17) is 5.11 Å². The Labute approximate surface area is 269 Å². The molecular weight excluding hydrogens is 584 g/mol. The van der Waals surface area contributed by atoms with Gasteiger partial charge in [0.25, 0.3) is 0 Å². The Balaban J connectivity index is 1.44. The van der Waals surface area contributed by atoms with Crippen molar-refractivity contribution in [3.05, 3.63) is 95.7 Å². The van der Waals surface area contributed by atoms with Gasteiger partial charge in [-0.2, -0.15) is 0 Å². The molecule has 4 aromatic rings. The van der Waals surface area contributed by atoms with Crippen molar-refractivity contribution < 1.29 is 24.6 Å². The van der Waals surface area contributed by atoms with Crippen LogP contribution in [0.3, 0.4) is 0 Å². The summed E-state index contributed by atoms with van der Waals surface area (Å²) in [6.07, 6.45) is 1.28. The SMILES string of the molecule is CNC(=O)NCc1ccccc1-c1ccc(CNC(=O)[C@@H](Cc2c[nH]c3ccccc23)NC(=O)CC(C)(C)NC[C@H](O)CO)cc1. The summed E-state index contributed by atoms with van der Waals surface area (Å²) in [6, 6.07) is 22.4. The number of rotatable bonds is 15. The van der Waals surface area contributed by atoms with Crippen LogP contribution in [0.25, 0.3) is 22.0 Å². The molecule has 0 fully saturated rings. The van der Waals surface area contributed by atoms with E-state index in [0.717, 1.165) is 38.7 Å². The molecule has 1 aromatic heterocycles. The molecule has 8 N–H and O–H groups in total. The van der Waals surface area contributed by atoms with Crippen LogP contribution < -0.4 is 26.6 Å². The summed E-state index contributed by atoms with van der Waals surface area (Å²) < 4.78 is 0. The van der Waals surface area contributed by atoms with E-state index in [2.05, 4.69) is 31.6 Å². The van der Waals surface area contributed by atoms with E-state index in [1.165, 1.54) is 0 Å². The summed E-state index contributed by atoms with van der Waals surface area (Å²) in [4.78, 5) is 41.7. The Bertz CT molecular complexity index is 1620. The molecule has 4 rings (SSSR count). The number of H-pyrrole nitrogens is 1. The fourth-order valence-corrected chi connectivity index (χ4v) is 5.23. The summed E-state index contributed by atoms with van der Waals surface area (Å²) in [5.41, 5.74) is 5.03. The number of carbonyl (C=O) groups is 3. The number of fused-ring (bicyclic) bond motifs is 1. The molecule has 0 saturated carbocycles. The molecule has 4 amide bonds. The zero-order chi connectivity index (χ0) is 33.1. The molecule has 11 nitrogen and oxygen atoms in total. The number of benzene rings is 3. The predicted molar refractivity (Wildman–Crippen MR) is 179 cm³/mol. The molecule has 0 saturated heterocycles. The molecule has 11 heteroatoms. The first kappa shape index (κ1) is 34.2. The predicted octanol–water partition coefficient (Wildman–Crippen LogP) is 2.72. The van der Waals surface area contributed by atoms with E-state index in [-0.39, 0.29) is 44.0 Å². The monoisotopic (exact) mass is 628 g/mol. The van der Waals surface area contributed by atoms with Gasteiger partial charge in [-0.25, -0.2) is 4.79 Å². The molecule has 2 atom stereocenters. The van der Waals surface area contributed by atoms with Gasteiger partial charge in [-0.3, -0.25) is 9.59 Å². The van der Waals surface area contributed by atoms with Crippen LogP contribution in [0.1, 0.15) is 37.0 Å². The largest absolute Gasteiger partial charge is 0.394 e. The zero-order valence-electron chi connectivity index (χ0n) is 26.5. The van der Waals surface area contributed by atoms with Gasteiger partial charge < -0.3 is 41.8 Å². The summed E-state index contributed by atoms with van der Waals surface area (Å²) in [7, 11) is 1.57. The number of hydrogen-bond acceptors (Lipinski definition) is 6. The summed E-state index contributed by atoms with van der Waals surface area (Å²) >= 11 is 0. The summed E-state index contributed by atoms with van der Waals surface area (Å²) in [5, 5.41) is 34.2. The van der Waals surface area contributed by atoms with Gasteiger partial charge in [0, 0.05) is 62.2 Å². The molecule has 0 aliphatic rings. The van der Waals surface area contributed by atoms with Crippen LogP contribution in [0.2, 0.25) is 0 Å². The van der Waals surface area contributed by atoms with Crippen LogP contribution in [0.4, 0.5) is 4.79 Å². The number of urea groups is 1. The number of aromatic amines is 1. The number of amides is 4. The third-order valence-electron chi connectivity index (χ3n) is 7.80. The highest BCUT2D eigenvalue weighted by atomic mass is 16.3. The Morgan fingerprint density at radius 2 is 1.61 bits per heavy atom. The molecular formula is C35H44N6O5. The van der Waals surface area contributed by atoms with Crippen molar-refractivity contribution in [1.29, 1.82) is 0 Å². The first-order valence-electron chi connectivity index (χ1n) is 15.4. The smallest absolute Gasteiger partial charge is 0.314 e. The Hall–Kier alpha value is -4.71. The van der Waals surface area contributed by atoms with Gasteiger partial charge in [0.1, 0.15) is 6.04 Å². The first-order chi connectivity index (χ1) is 22.1. The van der Waals surface area contributed by atoms with Crippen molar-refractivity contribution in [2.75, 3.05) is 20.2 Å². The molecule has 3 aromatic carbocycles. The second kappa shape index (κ2) is 16.0. The number of carbonyl (C=O) groups excluding carboxylic acids is 3. The summed E-state index contributed by atoms with van der Waals surface area (Å²) in [6.45, 7) is 4.06. The number of aliphatic hydroxyl groups is 2. The van der Waals surface area contributed by atoms with E-state index < -0.39 is 17.7 Å². The maximum Gasteiger partial charge on any atom is 0.314 e. The zero-order valence-corrected chi connectivity index (χ0v) is 26.5. The van der Waals surface area contributed by atoms with Crippen molar-refractivity contribution in [2.24, 2.45) is 0 Å². The molecule has 0 unspecified atom stereocenters. The van der Waals surface area contributed by atoms with Gasteiger partial charge >= 0.3 is 6.03 Å². The number of hydrogen-bond donors (Lipinski definition) is 8. The van der Waals surface area contributed by atoms with Crippen molar-refractivity contribution >= 4 is 28.7 Å². The highest BCUT2D eigenvalue weighted by Crippen LogP contribution is 2.24.